The molecule has 2 amide bonds. The molecule has 0 aliphatic heterocycles. The van der Waals surface area contributed by atoms with Crippen LogP contribution in [0.15, 0.2) is 36.4 Å². The van der Waals surface area contributed by atoms with E-state index in [0.29, 0.717) is 11.3 Å². The number of amides is 2. The zero-order valence-electron chi connectivity index (χ0n) is 13.8. The number of nitrogens with one attached hydrogen (secondary N) is 2. The van der Waals surface area contributed by atoms with Crippen LogP contribution in [-0.2, 0) is 0 Å². The average molecular weight is 395 g/mol. The molecule has 0 bridgehead atoms. The van der Waals surface area contributed by atoms with Gasteiger partial charge in [0.05, 0.1) is 15.6 Å². The fraction of sp³-hybridized carbons (Fsp3) is 0.263. The Bertz CT molecular complexity index is 834. The topological polar surface area (TPSA) is 58.2 Å². The molecule has 1 fully saturated rings. The molecule has 2 N–H and O–H groups in total. The fourth-order valence-corrected chi connectivity index (χ4v) is 3.41. The zero-order chi connectivity index (χ0) is 18.7. The molecule has 1 aliphatic carbocycles. The first-order valence-corrected chi connectivity index (χ1v) is 9.06. The van der Waals surface area contributed by atoms with Gasteiger partial charge in [0.15, 0.2) is 0 Å². The number of rotatable bonds is 4. The summed E-state index contributed by atoms with van der Waals surface area (Å²) in [4.78, 5) is 24.5. The number of carbonyl (C=O) groups is 2. The molecule has 26 heavy (non-hydrogen) atoms. The van der Waals surface area contributed by atoms with E-state index < -0.39 is 11.7 Å². The van der Waals surface area contributed by atoms with E-state index in [1.54, 1.807) is 24.3 Å². The second-order valence-electron chi connectivity index (χ2n) is 6.23. The van der Waals surface area contributed by atoms with Gasteiger partial charge in [0.2, 0.25) is 0 Å². The summed E-state index contributed by atoms with van der Waals surface area (Å²) in [5, 5.41) is 5.53. The minimum atomic E-state index is -0.722. The van der Waals surface area contributed by atoms with Crippen LogP contribution >= 0.6 is 23.2 Å². The van der Waals surface area contributed by atoms with Crippen LogP contribution in [0.2, 0.25) is 10.0 Å². The smallest absolute Gasteiger partial charge is 0.257 e. The predicted molar refractivity (Wildman–Crippen MR) is 101 cm³/mol. The van der Waals surface area contributed by atoms with E-state index >= 15 is 0 Å². The highest BCUT2D eigenvalue weighted by atomic mass is 35.5. The van der Waals surface area contributed by atoms with Crippen molar-refractivity contribution >= 4 is 40.7 Å². The van der Waals surface area contributed by atoms with Crippen molar-refractivity contribution in [3.63, 3.8) is 0 Å². The third kappa shape index (κ3) is 4.34. The third-order valence-electron chi connectivity index (χ3n) is 4.35. The summed E-state index contributed by atoms with van der Waals surface area (Å²) in [6.07, 6.45) is 4.31. The maximum Gasteiger partial charge on any atom is 0.257 e. The zero-order valence-corrected chi connectivity index (χ0v) is 15.3. The predicted octanol–water partition coefficient (Wildman–Crippen LogP) is 5.06. The van der Waals surface area contributed by atoms with E-state index in [-0.39, 0.29) is 27.6 Å². The van der Waals surface area contributed by atoms with Crippen LogP contribution in [-0.4, -0.2) is 17.9 Å². The van der Waals surface area contributed by atoms with Crippen molar-refractivity contribution in [3.8, 4) is 0 Å². The van der Waals surface area contributed by atoms with Gasteiger partial charge in [-0.15, -0.1) is 0 Å². The van der Waals surface area contributed by atoms with Gasteiger partial charge in [0, 0.05) is 17.3 Å². The largest absolute Gasteiger partial charge is 0.349 e. The summed E-state index contributed by atoms with van der Waals surface area (Å²) < 4.78 is 13.6. The molecule has 0 spiro atoms. The van der Waals surface area contributed by atoms with Crippen molar-refractivity contribution in [2.45, 2.75) is 31.7 Å². The summed E-state index contributed by atoms with van der Waals surface area (Å²) in [5.74, 6) is -1.41. The second kappa shape index (κ2) is 8.06. The van der Waals surface area contributed by atoms with E-state index in [0.717, 1.165) is 31.7 Å². The molecule has 0 radical (unpaired) electrons. The normalized spacial score (nSPS) is 14.3. The Morgan fingerprint density at radius 1 is 0.962 bits per heavy atom. The molecule has 7 heteroatoms. The van der Waals surface area contributed by atoms with Crippen LogP contribution in [0, 0.1) is 5.82 Å². The van der Waals surface area contributed by atoms with E-state index in [4.69, 9.17) is 23.2 Å². The lowest BCUT2D eigenvalue weighted by Gasteiger charge is -2.12. The van der Waals surface area contributed by atoms with Gasteiger partial charge in [-0.25, -0.2) is 4.39 Å². The lowest BCUT2D eigenvalue weighted by Crippen LogP contribution is -2.32. The first kappa shape index (κ1) is 18.7. The summed E-state index contributed by atoms with van der Waals surface area (Å²) >= 11 is 11.6. The van der Waals surface area contributed by atoms with Crippen LogP contribution in [0.1, 0.15) is 46.4 Å². The number of carbonyl (C=O) groups excluding carboxylic acids is 2. The molecule has 0 saturated heterocycles. The number of halogens is 3. The molecule has 2 aromatic carbocycles. The highest BCUT2D eigenvalue weighted by molar-refractivity contribution is 6.37. The molecular formula is C19H17Cl2FN2O2. The molecule has 2 aromatic rings. The van der Waals surface area contributed by atoms with Crippen LogP contribution in [0.5, 0.6) is 0 Å². The van der Waals surface area contributed by atoms with Gasteiger partial charge < -0.3 is 10.6 Å². The Balaban J connectivity index is 1.66. The second-order valence-corrected chi connectivity index (χ2v) is 7.05. The minimum absolute atomic E-state index is 0.0170. The number of anilines is 1. The lowest BCUT2D eigenvalue weighted by molar-refractivity contribution is 0.0937. The summed E-state index contributed by atoms with van der Waals surface area (Å²) in [7, 11) is 0. The van der Waals surface area contributed by atoms with Gasteiger partial charge in [0.1, 0.15) is 5.82 Å². The molecule has 1 saturated carbocycles. The highest BCUT2D eigenvalue weighted by Gasteiger charge is 2.18. The molecule has 0 heterocycles. The SMILES string of the molecule is O=C(NC1CCCC1)c1ccc(NC(=O)c2cc(F)c(Cl)cc2Cl)cc1. The van der Waals surface area contributed by atoms with E-state index in [9.17, 15) is 14.0 Å². The first-order chi connectivity index (χ1) is 12.4. The van der Waals surface area contributed by atoms with Gasteiger partial charge >= 0.3 is 0 Å². The van der Waals surface area contributed by atoms with Gasteiger partial charge in [0.25, 0.3) is 11.8 Å². The molecule has 0 unspecified atom stereocenters. The third-order valence-corrected chi connectivity index (χ3v) is 4.95. The molecule has 1 aliphatic rings. The molecule has 0 atom stereocenters. The molecule has 0 aromatic heterocycles. The van der Waals surface area contributed by atoms with Gasteiger partial charge in [-0.05, 0) is 49.2 Å². The van der Waals surface area contributed by atoms with Crippen molar-refractivity contribution in [2.75, 3.05) is 5.32 Å². The maximum atomic E-state index is 13.6. The average Bonchev–Trinajstić information content (AvgIpc) is 3.11. The van der Waals surface area contributed by atoms with Gasteiger partial charge in [-0.3, -0.25) is 9.59 Å². The van der Waals surface area contributed by atoms with Crippen LogP contribution in [0.3, 0.4) is 0 Å². The van der Waals surface area contributed by atoms with Crippen molar-refractivity contribution in [2.24, 2.45) is 0 Å². The van der Waals surface area contributed by atoms with E-state index in [2.05, 4.69) is 10.6 Å². The number of benzene rings is 2. The molecule has 4 nitrogen and oxygen atoms in total. The van der Waals surface area contributed by atoms with Crippen molar-refractivity contribution in [3.05, 3.63) is 63.4 Å². The van der Waals surface area contributed by atoms with E-state index in [1.807, 2.05) is 0 Å². The quantitative estimate of drug-likeness (QED) is 0.712. The molecule has 136 valence electrons. The van der Waals surface area contributed by atoms with Gasteiger partial charge in [-0.2, -0.15) is 0 Å². The van der Waals surface area contributed by atoms with Gasteiger partial charge in [-0.1, -0.05) is 36.0 Å². The lowest BCUT2D eigenvalue weighted by atomic mass is 10.1. The van der Waals surface area contributed by atoms with Crippen LogP contribution < -0.4 is 10.6 Å². The first-order valence-electron chi connectivity index (χ1n) is 8.31. The van der Waals surface area contributed by atoms with Crippen molar-refractivity contribution in [1.82, 2.24) is 5.32 Å². The minimum Gasteiger partial charge on any atom is -0.349 e. The van der Waals surface area contributed by atoms with Crippen molar-refractivity contribution in [1.29, 1.82) is 0 Å². The Morgan fingerprint density at radius 2 is 1.62 bits per heavy atom. The highest BCUT2D eigenvalue weighted by Crippen LogP contribution is 2.25. The molecular weight excluding hydrogens is 378 g/mol. The Hall–Kier alpha value is -2.11. The Labute approximate surface area is 160 Å². The van der Waals surface area contributed by atoms with Crippen LogP contribution in [0.4, 0.5) is 10.1 Å². The van der Waals surface area contributed by atoms with E-state index in [1.165, 1.54) is 6.07 Å². The Morgan fingerprint density at radius 3 is 2.27 bits per heavy atom. The summed E-state index contributed by atoms with van der Waals surface area (Å²) in [5.41, 5.74) is 0.973. The number of hydrogen-bond acceptors (Lipinski definition) is 2. The fourth-order valence-electron chi connectivity index (χ4n) is 2.94. The Kier molecular flexibility index (Phi) is 5.79. The number of hydrogen-bond donors (Lipinski definition) is 2. The summed E-state index contributed by atoms with van der Waals surface area (Å²) in [6, 6.07) is 8.90. The van der Waals surface area contributed by atoms with Crippen molar-refractivity contribution < 1.29 is 14.0 Å². The maximum absolute atomic E-state index is 13.6. The molecule has 3 rings (SSSR count). The monoisotopic (exact) mass is 394 g/mol. The summed E-state index contributed by atoms with van der Waals surface area (Å²) in [6.45, 7) is 0. The van der Waals surface area contributed by atoms with Crippen LogP contribution in [0.25, 0.3) is 0 Å². The standard InChI is InChI=1S/C19H17Cl2FN2O2/c20-15-10-16(21)17(22)9-14(15)19(26)24-13-7-5-11(6-8-13)18(25)23-12-3-1-2-4-12/h5-10,12H,1-4H2,(H,23,25)(H,24,26).